The molecule has 0 aliphatic heterocycles. The highest BCUT2D eigenvalue weighted by molar-refractivity contribution is 6.32. The van der Waals surface area contributed by atoms with Gasteiger partial charge in [-0.15, -0.1) is 0 Å². The van der Waals surface area contributed by atoms with Crippen molar-refractivity contribution in [2.45, 2.75) is 6.92 Å². The Hall–Kier alpha value is -1.55. The normalized spacial score (nSPS) is 10.4. The summed E-state index contributed by atoms with van der Waals surface area (Å²) in [6, 6.07) is 5.45. The lowest BCUT2D eigenvalue weighted by Gasteiger charge is -1.94. The fourth-order valence-corrected chi connectivity index (χ4v) is 1.46. The molecule has 1 aromatic carbocycles. The first-order chi connectivity index (χ1) is 6.66. The van der Waals surface area contributed by atoms with Crippen molar-refractivity contribution in [1.82, 2.24) is 5.27 Å². The van der Waals surface area contributed by atoms with E-state index in [-0.39, 0.29) is 0 Å². The lowest BCUT2D eigenvalue weighted by atomic mass is 10.2. The minimum atomic E-state index is -0.498. The van der Waals surface area contributed by atoms with Crippen molar-refractivity contribution in [3.8, 4) is 11.6 Å². The van der Waals surface area contributed by atoms with Gasteiger partial charge >= 0.3 is 0 Å². The van der Waals surface area contributed by atoms with Gasteiger partial charge in [-0.3, -0.25) is 0 Å². The Balaban J connectivity index is 2.52. The van der Waals surface area contributed by atoms with Crippen LogP contribution in [0, 0.1) is 6.92 Å². The Kier molecular flexibility index (Phi) is 2.13. The van der Waals surface area contributed by atoms with E-state index in [1.165, 1.54) is 10.9 Å². The van der Waals surface area contributed by atoms with Gasteiger partial charge in [-0.25, -0.2) is 0 Å². The molecule has 0 bridgehead atoms. The van der Waals surface area contributed by atoms with E-state index in [4.69, 9.17) is 11.6 Å². The monoisotopic (exact) mass is 210 g/mol. The number of nitrogens with zero attached hydrogens (tertiary/aromatic N) is 2. The van der Waals surface area contributed by atoms with Crippen molar-refractivity contribution in [3.63, 3.8) is 0 Å². The summed E-state index contributed by atoms with van der Waals surface area (Å²) in [4.78, 5) is 0. The highest BCUT2D eigenvalue weighted by atomic mass is 35.5. The molecule has 5 heteroatoms. The molecule has 0 aliphatic carbocycles. The minimum absolute atomic E-state index is 0.498. The number of halogens is 1. The van der Waals surface area contributed by atoms with Crippen LogP contribution in [0.15, 0.2) is 28.9 Å². The summed E-state index contributed by atoms with van der Waals surface area (Å²) < 4.78 is 5.71. The van der Waals surface area contributed by atoms with Crippen LogP contribution in [-0.4, -0.2) is 5.27 Å². The molecule has 2 aromatic rings. The summed E-state index contributed by atoms with van der Waals surface area (Å²) in [5.41, 5.74) is 1.67. The van der Waals surface area contributed by atoms with Gasteiger partial charge in [0, 0.05) is 6.07 Å². The highest BCUT2D eigenvalue weighted by Crippen LogP contribution is 2.17. The SMILES string of the molecule is Cc1ccc(-[n+]2cc([O-])on2)c(Cl)c1. The molecule has 0 atom stereocenters. The fourth-order valence-electron chi connectivity index (χ4n) is 1.14. The molecule has 72 valence electrons. The van der Waals surface area contributed by atoms with E-state index in [2.05, 4.69) is 9.79 Å². The Bertz CT molecular complexity index is 468. The number of benzene rings is 1. The predicted molar refractivity (Wildman–Crippen MR) is 47.2 cm³/mol. The van der Waals surface area contributed by atoms with Crippen molar-refractivity contribution in [2.24, 2.45) is 0 Å². The average Bonchev–Trinajstić information content (AvgIpc) is 2.51. The second kappa shape index (κ2) is 3.31. The van der Waals surface area contributed by atoms with E-state index in [0.717, 1.165) is 5.56 Å². The Morgan fingerprint density at radius 1 is 1.50 bits per heavy atom. The number of hydrogen-bond acceptors (Lipinski definition) is 3. The van der Waals surface area contributed by atoms with Gasteiger partial charge in [0.05, 0.1) is 5.27 Å². The molecule has 0 aliphatic rings. The maximum atomic E-state index is 10.7. The van der Waals surface area contributed by atoms with E-state index in [0.29, 0.717) is 10.7 Å². The Labute approximate surface area is 85.3 Å². The van der Waals surface area contributed by atoms with Crippen molar-refractivity contribution >= 4 is 11.6 Å². The zero-order valence-electron chi connectivity index (χ0n) is 7.40. The van der Waals surface area contributed by atoms with Gasteiger partial charge in [0.2, 0.25) is 6.20 Å². The van der Waals surface area contributed by atoms with Gasteiger partial charge in [-0.1, -0.05) is 17.7 Å². The minimum Gasteiger partial charge on any atom is -0.539 e. The van der Waals surface area contributed by atoms with Crippen molar-refractivity contribution in [1.29, 1.82) is 0 Å². The third-order valence-corrected chi connectivity index (χ3v) is 2.10. The van der Waals surface area contributed by atoms with Crippen molar-refractivity contribution < 1.29 is 14.3 Å². The molecule has 0 N–H and O–H groups in total. The number of rotatable bonds is 1. The van der Waals surface area contributed by atoms with Crippen LogP contribution in [0.5, 0.6) is 5.95 Å². The first kappa shape index (κ1) is 9.02. The van der Waals surface area contributed by atoms with Crippen LogP contribution in [0.4, 0.5) is 0 Å². The van der Waals surface area contributed by atoms with E-state index in [9.17, 15) is 5.11 Å². The maximum Gasteiger partial charge on any atom is 0.257 e. The molecule has 0 unspecified atom stereocenters. The van der Waals surface area contributed by atoms with Crippen molar-refractivity contribution in [3.05, 3.63) is 35.0 Å². The summed E-state index contributed by atoms with van der Waals surface area (Å²) in [7, 11) is 0. The fraction of sp³-hybridized carbons (Fsp3) is 0.111. The molecule has 0 amide bonds. The zero-order valence-corrected chi connectivity index (χ0v) is 8.15. The highest BCUT2D eigenvalue weighted by Gasteiger charge is 2.13. The van der Waals surface area contributed by atoms with Gasteiger partial charge < -0.3 is 9.63 Å². The molecular weight excluding hydrogens is 204 g/mol. The first-order valence-electron chi connectivity index (χ1n) is 3.99. The van der Waals surface area contributed by atoms with E-state index in [1.807, 2.05) is 13.0 Å². The standard InChI is InChI=1S/C9H7ClN2O2/c1-6-2-3-8(7(10)4-6)12-5-9(13)14-11-12/h2-5H,1H3. The summed E-state index contributed by atoms with van der Waals surface area (Å²) in [5.74, 6) is -0.498. The third kappa shape index (κ3) is 1.56. The van der Waals surface area contributed by atoms with Crippen LogP contribution < -0.4 is 9.79 Å². The Morgan fingerprint density at radius 2 is 2.29 bits per heavy atom. The zero-order chi connectivity index (χ0) is 10.1. The van der Waals surface area contributed by atoms with Gasteiger partial charge in [-0.05, 0) is 23.2 Å². The number of aryl methyl sites for hydroxylation is 1. The molecule has 0 saturated heterocycles. The van der Waals surface area contributed by atoms with E-state index in [1.54, 1.807) is 12.1 Å². The van der Waals surface area contributed by atoms with Crippen LogP contribution in [0.1, 0.15) is 5.56 Å². The molecule has 0 fully saturated rings. The van der Waals surface area contributed by atoms with Crippen LogP contribution in [0.2, 0.25) is 5.02 Å². The average molecular weight is 211 g/mol. The van der Waals surface area contributed by atoms with Gasteiger partial charge in [0.25, 0.3) is 5.69 Å². The summed E-state index contributed by atoms with van der Waals surface area (Å²) in [5, 5.41) is 14.8. The second-order valence-corrected chi connectivity index (χ2v) is 3.33. The predicted octanol–water partition coefficient (Wildman–Crippen LogP) is 0.987. The number of hydrogen-bond donors (Lipinski definition) is 0. The van der Waals surface area contributed by atoms with Gasteiger partial charge in [0.15, 0.2) is 0 Å². The van der Waals surface area contributed by atoms with Gasteiger partial charge in [0.1, 0.15) is 11.0 Å². The number of aromatic nitrogens is 2. The maximum absolute atomic E-state index is 10.7. The van der Waals surface area contributed by atoms with Crippen LogP contribution >= 0.6 is 11.6 Å². The van der Waals surface area contributed by atoms with Crippen LogP contribution in [0.3, 0.4) is 0 Å². The van der Waals surface area contributed by atoms with Crippen LogP contribution in [-0.2, 0) is 0 Å². The van der Waals surface area contributed by atoms with E-state index < -0.39 is 5.95 Å². The molecule has 0 saturated carbocycles. The molecule has 14 heavy (non-hydrogen) atoms. The molecule has 0 spiro atoms. The molecule has 4 nitrogen and oxygen atoms in total. The van der Waals surface area contributed by atoms with Crippen LogP contribution in [0.25, 0.3) is 5.69 Å². The largest absolute Gasteiger partial charge is 0.539 e. The summed E-state index contributed by atoms with van der Waals surface area (Å²) in [6.07, 6.45) is 1.23. The molecule has 1 heterocycles. The van der Waals surface area contributed by atoms with E-state index >= 15 is 0 Å². The smallest absolute Gasteiger partial charge is 0.257 e. The molecule has 0 radical (unpaired) electrons. The van der Waals surface area contributed by atoms with Gasteiger partial charge in [-0.2, -0.15) is 0 Å². The van der Waals surface area contributed by atoms with Crippen molar-refractivity contribution in [2.75, 3.05) is 0 Å². The topological polar surface area (TPSA) is 53.0 Å². The summed E-state index contributed by atoms with van der Waals surface area (Å²) >= 11 is 5.97. The summed E-state index contributed by atoms with van der Waals surface area (Å²) in [6.45, 7) is 1.93. The quantitative estimate of drug-likeness (QED) is 0.660. The Morgan fingerprint density at radius 3 is 2.86 bits per heavy atom. The molecule has 2 rings (SSSR count). The second-order valence-electron chi connectivity index (χ2n) is 2.92. The lowest BCUT2D eigenvalue weighted by Crippen LogP contribution is -2.31. The first-order valence-corrected chi connectivity index (χ1v) is 4.37. The molecule has 1 aromatic heterocycles. The molecular formula is C9H7ClN2O2. The third-order valence-electron chi connectivity index (χ3n) is 1.80. The lowest BCUT2D eigenvalue weighted by molar-refractivity contribution is -0.670.